The quantitative estimate of drug-likeness (QED) is 0.269. The molecule has 5 nitrogen and oxygen atoms in total. The minimum Gasteiger partial charge on any atom is -0.507 e. The highest BCUT2D eigenvalue weighted by molar-refractivity contribution is 7.10. The summed E-state index contributed by atoms with van der Waals surface area (Å²) in [7, 11) is 0. The first kappa shape index (κ1) is 22.1. The molecule has 7 heteroatoms. The molecule has 164 valence electrons. The van der Waals surface area contributed by atoms with Gasteiger partial charge in [0.05, 0.1) is 12.2 Å². The molecular weight excluding hydrogens is 446 g/mol. The van der Waals surface area contributed by atoms with E-state index in [2.05, 4.69) is 0 Å². The molecule has 3 aromatic rings. The second-order valence-corrected chi connectivity index (χ2v) is 8.88. The Morgan fingerprint density at radius 2 is 1.97 bits per heavy atom. The molecule has 1 aliphatic heterocycles. The van der Waals surface area contributed by atoms with Crippen LogP contribution in [0.4, 0.5) is 5.69 Å². The van der Waals surface area contributed by atoms with E-state index in [1.165, 1.54) is 16.2 Å². The van der Waals surface area contributed by atoms with Gasteiger partial charge in [0.2, 0.25) is 0 Å². The van der Waals surface area contributed by atoms with Crippen LogP contribution >= 0.6 is 22.9 Å². The van der Waals surface area contributed by atoms with Crippen molar-refractivity contribution in [2.24, 2.45) is 0 Å². The maximum atomic E-state index is 13.1. The van der Waals surface area contributed by atoms with Gasteiger partial charge in [-0.25, -0.2) is 0 Å². The van der Waals surface area contributed by atoms with E-state index >= 15 is 0 Å². The fourth-order valence-electron chi connectivity index (χ4n) is 3.66. The number of benzene rings is 2. The zero-order chi connectivity index (χ0) is 22.8. The summed E-state index contributed by atoms with van der Waals surface area (Å²) >= 11 is 7.72. The molecule has 1 amide bonds. The first-order chi connectivity index (χ1) is 15.4. The van der Waals surface area contributed by atoms with Gasteiger partial charge in [-0.3, -0.25) is 14.5 Å². The predicted octanol–water partition coefficient (Wildman–Crippen LogP) is 6.13. The lowest BCUT2D eigenvalue weighted by Gasteiger charge is -2.24. The van der Waals surface area contributed by atoms with Gasteiger partial charge >= 0.3 is 0 Å². The molecule has 1 saturated heterocycles. The van der Waals surface area contributed by atoms with E-state index in [0.29, 0.717) is 28.6 Å². The van der Waals surface area contributed by atoms with Crippen molar-refractivity contribution in [3.8, 4) is 5.75 Å². The molecule has 1 unspecified atom stereocenters. The molecule has 4 rings (SSSR count). The van der Waals surface area contributed by atoms with Gasteiger partial charge in [-0.05, 0) is 54.6 Å². The number of ketones is 1. The van der Waals surface area contributed by atoms with Crippen LogP contribution in [0.5, 0.6) is 5.75 Å². The van der Waals surface area contributed by atoms with E-state index in [-0.39, 0.29) is 11.3 Å². The second kappa shape index (κ2) is 9.18. The number of anilines is 1. The number of thiophene rings is 1. The fraction of sp³-hybridized carbons (Fsp3) is 0.200. The minimum atomic E-state index is -0.756. The number of nitrogens with zero attached hydrogens (tertiary/aromatic N) is 1. The average Bonchev–Trinajstić information content (AvgIpc) is 3.41. The Hall–Kier alpha value is -3.09. The maximum absolute atomic E-state index is 13.1. The van der Waals surface area contributed by atoms with Crippen LogP contribution in [0.15, 0.2) is 65.6 Å². The summed E-state index contributed by atoms with van der Waals surface area (Å²) in [6.45, 7) is 4.41. The van der Waals surface area contributed by atoms with Gasteiger partial charge < -0.3 is 9.84 Å². The molecule has 0 aliphatic carbocycles. The predicted molar refractivity (Wildman–Crippen MR) is 128 cm³/mol. The smallest absolute Gasteiger partial charge is 0.300 e. The van der Waals surface area contributed by atoms with Gasteiger partial charge in [0.25, 0.3) is 11.7 Å². The molecular formula is C25H22ClNO4S. The number of rotatable bonds is 6. The number of hydrogen-bond donors (Lipinski definition) is 1. The van der Waals surface area contributed by atoms with Gasteiger partial charge in [-0.1, -0.05) is 42.8 Å². The largest absolute Gasteiger partial charge is 0.507 e. The Kier molecular flexibility index (Phi) is 6.35. The second-order valence-electron chi connectivity index (χ2n) is 7.49. The average molecular weight is 468 g/mol. The molecule has 2 heterocycles. The zero-order valence-corrected chi connectivity index (χ0v) is 19.2. The molecule has 0 saturated carbocycles. The van der Waals surface area contributed by atoms with Crippen molar-refractivity contribution in [3.63, 3.8) is 0 Å². The topological polar surface area (TPSA) is 66.8 Å². The molecule has 1 aromatic heterocycles. The van der Waals surface area contributed by atoms with Gasteiger partial charge in [0, 0.05) is 21.2 Å². The number of amides is 1. The highest BCUT2D eigenvalue weighted by atomic mass is 35.5. The normalized spacial score (nSPS) is 17.7. The summed E-state index contributed by atoms with van der Waals surface area (Å²) in [6, 6.07) is 15.1. The third-order valence-electron chi connectivity index (χ3n) is 5.27. The summed E-state index contributed by atoms with van der Waals surface area (Å²) < 4.78 is 5.66. The van der Waals surface area contributed by atoms with Crippen molar-refractivity contribution in [3.05, 3.63) is 86.6 Å². The number of carbonyl (C=O) groups excluding carboxylic acids is 2. The SMILES string of the molecule is CCCOc1cccc(/C(O)=C2/C(=O)C(=O)N(c3ccc(C)c(Cl)c3)C2c2cccs2)c1. The van der Waals surface area contributed by atoms with E-state index in [9.17, 15) is 14.7 Å². The molecule has 1 N–H and O–H groups in total. The van der Waals surface area contributed by atoms with E-state index < -0.39 is 17.7 Å². The number of ether oxygens (including phenoxy) is 1. The van der Waals surface area contributed by atoms with Gasteiger partial charge in [0.15, 0.2) is 0 Å². The lowest BCUT2D eigenvalue weighted by Crippen LogP contribution is -2.29. The Balaban J connectivity index is 1.86. The van der Waals surface area contributed by atoms with Crippen LogP contribution in [0.25, 0.3) is 5.76 Å². The highest BCUT2D eigenvalue weighted by Gasteiger charge is 2.47. The van der Waals surface area contributed by atoms with Gasteiger partial charge in [-0.15, -0.1) is 11.3 Å². The number of aliphatic hydroxyl groups is 1. The van der Waals surface area contributed by atoms with Crippen molar-refractivity contribution in [2.45, 2.75) is 26.3 Å². The molecule has 2 aromatic carbocycles. The summed E-state index contributed by atoms with van der Waals surface area (Å²) in [5, 5.41) is 13.6. The van der Waals surface area contributed by atoms with Crippen molar-refractivity contribution < 1.29 is 19.4 Å². The Labute approximate surface area is 195 Å². The Morgan fingerprint density at radius 1 is 1.16 bits per heavy atom. The Bertz CT molecular complexity index is 1200. The number of halogens is 1. The summed E-state index contributed by atoms with van der Waals surface area (Å²) in [6.07, 6.45) is 0.846. The highest BCUT2D eigenvalue weighted by Crippen LogP contribution is 2.44. The molecule has 32 heavy (non-hydrogen) atoms. The van der Waals surface area contributed by atoms with Crippen molar-refractivity contribution in [2.75, 3.05) is 11.5 Å². The molecule has 1 aliphatic rings. The Morgan fingerprint density at radius 3 is 2.66 bits per heavy atom. The number of hydrogen-bond acceptors (Lipinski definition) is 5. The molecule has 0 radical (unpaired) electrons. The van der Waals surface area contributed by atoms with Crippen molar-refractivity contribution >= 4 is 46.1 Å². The number of carbonyl (C=O) groups is 2. The standard InChI is InChI=1S/C25H22ClNO4S/c1-3-11-31-18-7-4-6-16(13-18)23(28)21-22(20-8-5-12-32-20)27(25(30)24(21)29)17-10-9-15(2)19(26)14-17/h4-10,12-14,22,28H,3,11H2,1-2H3/b23-21-. The molecule has 0 spiro atoms. The van der Waals surface area contributed by atoms with Gasteiger partial charge in [0.1, 0.15) is 17.6 Å². The third-order valence-corrected chi connectivity index (χ3v) is 6.60. The van der Waals surface area contributed by atoms with Crippen LogP contribution < -0.4 is 9.64 Å². The molecule has 1 atom stereocenters. The van der Waals surface area contributed by atoms with Crippen LogP contribution in [0.3, 0.4) is 0 Å². The first-order valence-electron chi connectivity index (χ1n) is 10.3. The summed E-state index contributed by atoms with van der Waals surface area (Å²) in [4.78, 5) is 28.4. The summed E-state index contributed by atoms with van der Waals surface area (Å²) in [5.41, 5.74) is 1.82. The van der Waals surface area contributed by atoms with E-state index in [1.807, 2.05) is 31.4 Å². The van der Waals surface area contributed by atoms with Crippen LogP contribution in [-0.2, 0) is 9.59 Å². The van der Waals surface area contributed by atoms with E-state index in [4.69, 9.17) is 16.3 Å². The van der Waals surface area contributed by atoms with Crippen LogP contribution in [0.2, 0.25) is 5.02 Å². The number of aryl methyl sites for hydroxylation is 1. The molecule has 0 bridgehead atoms. The summed E-state index contributed by atoms with van der Waals surface area (Å²) in [5.74, 6) is -1.09. The number of Topliss-reactive ketones (excluding diaryl/α,β-unsaturated/α-hetero) is 1. The minimum absolute atomic E-state index is 0.0433. The van der Waals surface area contributed by atoms with Crippen molar-refractivity contribution in [1.29, 1.82) is 0 Å². The van der Waals surface area contributed by atoms with Gasteiger partial charge in [-0.2, -0.15) is 0 Å². The monoisotopic (exact) mass is 467 g/mol. The van der Waals surface area contributed by atoms with Crippen molar-refractivity contribution in [1.82, 2.24) is 0 Å². The lowest BCUT2D eigenvalue weighted by atomic mass is 9.99. The van der Waals surface area contributed by atoms with E-state index in [0.717, 1.165) is 16.9 Å². The lowest BCUT2D eigenvalue weighted by molar-refractivity contribution is -0.132. The first-order valence-corrected chi connectivity index (χ1v) is 11.5. The molecule has 1 fully saturated rings. The van der Waals surface area contributed by atoms with Crippen LogP contribution in [0, 0.1) is 6.92 Å². The number of aliphatic hydroxyl groups excluding tert-OH is 1. The van der Waals surface area contributed by atoms with Crippen LogP contribution in [0.1, 0.15) is 35.4 Å². The zero-order valence-electron chi connectivity index (χ0n) is 17.7. The third kappa shape index (κ3) is 4.04. The maximum Gasteiger partial charge on any atom is 0.300 e. The van der Waals surface area contributed by atoms with E-state index in [1.54, 1.807) is 42.5 Å². The fourth-order valence-corrected chi connectivity index (χ4v) is 4.65. The van der Waals surface area contributed by atoms with Crippen LogP contribution in [-0.4, -0.2) is 23.4 Å².